The van der Waals surface area contributed by atoms with Crippen LogP contribution in [-0.2, 0) is 14.3 Å². The van der Waals surface area contributed by atoms with Crippen molar-refractivity contribution in [3.8, 4) is 0 Å². The van der Waals surface area contributed by atoms with Gasteiger partial charge in [0.2, 0.25) is 5.91 Å². The maximum absolute atomic E-state index is 12.4. The number of carbonyl (C=O) groups excluding carboxylic acids is 2. The van der Waals surface area contributed by atoms with E-state index >= 15 is 0 Å². The zero-order valence-electron chi connectivity index (χ0n) is 20.6. The third-order valence-electron chi connectivity index (χ3n) is 6.04. The molecule has 0 aliphatic carbocycles. The quantitative estimate of drug-likeness (QED) is 0.193. The van der Waals surface area contributed by atoms with Crippen LogP contribution >= 0.6 is 0 Å². The van der Waals surface area contributed by atoms with Crippen molar-refractivity contribution in [2.75, 3.05) is 20.3 Å². The van der Waals surface area contributed by atoms with Gasteiger partial charge in [0.1, 0.15) is 5.78 Å². The number of Topliss-reactive ketones (excluding diaryl/α,β-unsaturated/α-hetero) is 1. The van der Waals surface area contributed by atoms with Gasteiger partial charge in [0, 0.05) is 19.6 Å². The van der Waals surface area contributed by atoms with Crippen LogP contribution in [0.25, 0.3) is 0 Å². The Bertz CT molecular complexity index is 411. The highest BCUT2D eigenvalue weighted by atomic mass is 16.5. The van der Waals surface area contributed by atoms with Crippen molar-refractivity contribution < 1.29 is 14.3 Å². The van der Waals surface area contributed by atoms with Crippen molar-refractivity contribution in [3.05, 3.63) is 0 Å². The van der Waals surface area contributed by atoms with E-state index in [0.29, 0.717) is 12.5 Å². The minimum atomic E-state index is -0.0544. The Morgan fingerprint density at radius 2 is 1.30 bits per heavy atom. The number of ketones is 1. The van der Waals surface area contributed by atoms with Crippen LogP contribution in [0.1, 0.15) is 124 Å². The van der Waals surface area contributed by atoms with Crippen molar-refractivity contribution in [1.82, 2.24) is 5.32 Å². The Balaban J connectivity index is 3.73. The van der Waals surface area contributed by atoms with Crippen molar-refractivity contribution in [3.63, 3.8) is 0 Å². The highest BCUT2D eigenvalue weighted by molar-refractivity contribution is 5.85. The van der Waals surface area contributed by atoms with Crippen molar-refractivity contribution in [2.24, 2.45) is 11.8 Å². The van der Waals surface area contributed by atoms with Gasteiger partial charge in [0.15, 0.2) is 0 Å². The molecule has 0 saturated carbocycles. The maximum atomic E-state index is 12.4. The van der Waals surface area contributed by atoms with Gasteiger partial charge >= 0.3 is 0 Å². The number of ether oxygens (including phenoxy) is 1. The highest BCUT2D eigenvalue weighted by Gasteiger charge is 2.21. The summed E-state index contributed by atoms with van der Waals surface area (Å²) in [5.74, 6) is 0.470. The van der Waals surface area contributed by atoms with Crippen LogP contribution in [-0.4, -0.2) is 32.0 Å². The van der Waals surface area contributed by atoms with Crippen LogP contribution < -0.4 is 5.32 Å². The number of amides is 1. The van der Waals surface area contributed by atoms with Gasteiger partial charge in [-0.15, -0.1) is 0 Å². The lowest BCUT2D eigenvalue weighted by Crippen LogP contribution is -2.35. The summed E-state index contributed by atoms with van der Waals surface area (Å²) < 4.78 is 5.17. The molecule has 4 nitrogen and oxygen atoms in total. The molecule has 0 spiro atoms. The van der Waals surface area contributed by atoms with Crippen LogP contribution in [0.2, 0.25) is 0 Å². The SMILES string of the molecule is CCCCCCCCCCCCCCCC(C)CC(CCOC)C(=O)NCC(C)=O. The molecule has 4 heteroatoms. The largest absolute Gasteiger partial charge is 0.385 e. The molecule has 2 unspecified atom stereocenters. The molecule has 0 saturated heterocycles. The molecular weight excluding hydrogens is 374 g/mol. The van der Waals surface area contributed by atoms with E-state index in [2.05, 4.69) is 19.2 Å². The average Bonchev–Trinajstić information content (AvgIpc) is 2.72. The number of rotatable bonds is 22. The molecule has 0 rings (SSSR count). The van der Waals surface area contributed by atoms with Gasteiger partial charge in [0.25, 0.3) is 0 Å². The van der Waals surface area contributed by atoms with Crippen molar-refractivity contribution in [1.29, 1.82) is 0 Å². The summed E-state index contributed by atoms with van der Waals surface area (Å²) in [6, 6.07) is 0. The number of hydrogen-bond donors (Lipinski definition) is 1. The van der Waals surface area contributed by atoms with Gasteiger partial charge in [-0.1, -0.05) is 104 Å². The molecular formula is C26H51NO3. The van der Waals surface area contributed by atoms with E-state index in [9.17, 15) is 9.59 Å². The third-order valence-corrected chi connectivity index (χ3v) is 6.04. The number of carbonyl (C=O) groups is 2. The summed E-state index contributed by atoms with van der Waals surface area (Å²) in [4.78, 5) is 23.5. The Morgan fingerprint density at radius 3 is 1.77 bits per heavy atom. The zero-order chi connectivity index (χ0) is 22.5. The van der Waals surface area contributed by atoms with Gasteiger partial charge in [-0.2, -0.15) is 0 Å². The fraction of sp³-hybridized carbons (Fsp3) is 0.923. The molecule has 0 radical (unpaired) electrons. The fourth-order valence-electron chi connectivity index (χ4n) is 4.09. The van der Waals surface area contributed by atoms with Gasteiger partial charge in [0.05, 0.1) is 6.54 Å². The number of methoxy groups -OCH3 is 1. The first-order chi connectivity index (χ1) is 14.5. The first-order valence-corrected chi connectivity index (χ1v) is 12.8. The van der Waals surface area contributed by atoms with Crippen molar-refractivity contribution >= 4 is 11.7 Å². The molecule has 1 amide bonds. The fourth-order valence-corrected chi connectivity index (χ4v) is 4.09. The van der Waals surface area contributed by atoms with Gasteiger partial charge in [-0.25, -0.2) is 0 Å². The molecule has 0 aliphatic rings. The molecule has 0 bridgehead atoms. The molecule has 0 aromatic heterocycles. The summed E-state index contributed by atoms with van der Waals surface area (Å²) in [7, 11) is 1.67. The molecule has 0 aromatic carbocycles. The molecule has 30 heavy (non-hydrogen) atoms. The maximum Gasteiger partial charge on any atom is 0.223 e. The number of unbranched alkanes of at least 4 members (excludes halogenated alkanes) is 12. The van der Waals surface area contributed by atoms with Crippen LogP contribution in [0.4, 0.5) is 0 Å². The number of nitrogens with one attached hydrogen (secondary N) is 1. The van der Waals surface area contributed by atoms with Gasteiger partial charge in [-0.05, 0) is 25.7 Å². The summed E-state index contributed by atoms with van der Waals surface area (Å²) in [5.41, 5.74) is 0. The van der Waals surface area contributed by atoms with E-state index in [1.165, 1.54) is 96.8 Å². The second-order valence-electron chi connectivity index (χ2n) is 9.27. The normalized spacial score (nSPS) is 13.2. The molecule has 0 heterocycles. The average molecular weight is 426 g/mol. The lowest BCUT2D eigenvalue weighted by molar-refractivity contribution is -0.128. The Hall–Kier alpha value is -0.900. The van der Waals surface area contributed by atoms with Crippen LogP contribution in [0.3, 0.4) is 0 Å². The summed E-state index contributed by atoms with van der Waals surface area (Å²) in [5, 5.41) is 2.77. The lowest BCUT2D eigenvalue weighted by atomic mass is 9.89. The van der Waals surface area contributed by atoms with Gasteiger partial charge < -0.3 is 10.1 Å². The first-order valence-electron chi connectivity index (χ1n) is 12.8. The molecule has 0 aliphatic heterocycles. The van der Waals surface area contributed by atoms with E-state index in [0.717, 1.165) is 12.8 Å². The van der Waals surface area contributed by atoms with Crippen LogP contribution in [0, 0.1) is 11.8 Å². The molecule has 0 fully saturated rings. The minimum Gasteiger partial charge on any atom is -0.385 e. The van der Waals surface area contributed by atoms with E-state index < -0.39 is 0 Å². The molecule has 0 aromatic rings. The highest BCUT2D eigenvalue weighted by Crippen LogP contribution is 2.22. The second kappa shape index (κ2) is 21.3. The minimum absolute atomic E-state index is 0.000497. The monoisotopic (exact) mass is 425 g/mol. The Morgan fingerprint density at radius 1 is 0.800 bits per heavy atom. The third kappa shape index (κ3) is 19.1. The molecule has 2 atom stereocenters. The van der Waals surface area contributed by atoms with Crippen LogP contribution in [0.15, 0.2) is 0 Å². The number of hydrogen-bond acceptors (Lipinski definition) is 3. The predicted molar refractivity (Wildman–Crippen MR) is 128 cm³/mol. The smallest absolute Gasteiger partial charge is 0.223 e. The standard InChI is InChI=1S/C26H51NO3/c1-5-6-7-8-9-10-11-12-13-14-15-16-17-18-23(2)21-25(19-20-30-4)26(29)27-22-24(3)28/h23,25H,5-22H2,1-4H3,(H,27,29). The Kier molecular flexibility index (Phi) is 20.7. The predicted octanol–water partition coefficient (Wildman–Crippen LogP) is 6.85. The van der Waals surface area contributed by atoms with Gasteiger partial charge in [-0.3, -0.25) is 9.59 Å². The summed E-state index contributed by atoms with van der Waals surface area (Å²) >= 11 is 0. The molecule has 178 valence electrons. The van der Waals surface area contributed by atoms with E-state index in [-0.39, 0.29) is 24.2 Å². The second-order valence-corrected chi connectivity index (χ2v) is 9.27. The summed E-state index contributed by atoms with van der Waals surface area (Å²) in [6.45, 7) is 6.75. The lowest BCUT2D eigenvalue weighted by Gasteiger charge is -2.20. The van der Waals surface area contributed by atoms with Crippen molar-refractivity contribution in [2.45, 2.75) is 124 Å². The first kappa shape index (κ1) is 29.1. The molecule has 1 N–H and O–H groups in total. The zero-order valence-corrected chi connectivity index (χ0v) is 20.6. The van der Waals surface area contributed by atoms with E-state index in [4.69, 9.17) is 4.74 Å². The Labute approximate surface area is 187 Å². The van der Waals surface area contributed by atoms with Crippen LogP contribution in [0.5, 0.6) is 0 Å². The topological polar surface area (TPSA) is 55.4 Å². The summed E-state index contributed by atoms with van der Waals surface area (Å²) in [6.07, 6.45) is 20.7. The van der Waals surface area contributed by atoms with E-state index in [1.54, 1.807) is 7.11 Å². The van der Waals surface area contributed by atoms with E-state index in [1.807, 2.05) is 0 Å².